The quantitative estimate of drug-likeness (QED) is 0.870. The van der Waals surface area contributed by atoms with Crippen LogP contribution in [0.5, 0.6) is 0 Å². The normalized spacial score (nSPS) is 11.4. The Kier molecular flexibility index (Phi) is 5.04. The van der Waals surface area contributed by atoms with E-state index in [0.29, 0.717) is 10.7 Å². The summed E-state index contributed by atoms with van der Waals surface area (Å²) >= 11 is 0. The molecule has 25 heavy (non-hydrogen) atoms. The molecule has 0 aliphatic heterocycles. The van der Waals surface area contributed by atoms with E-state index in [0.717, 1.165) is 6.07 Å². The number of nitrogens with one attached hydrogen (secondary N) is 1. The smallest absolute Gasteiger partial charge is 0.435 e. The lowest BCUT2D eigenvalue weighted by atomic mass is 10.1. The van der Waals surface area contributed by atoms with Crippen LogP contribution in [-0.2, 0) is 15.7 Å². The number of nitrogens with zero attached hydrogens (tertiary/aromatic N) is 2. The third-order valence-corrected chi connectivity index (χ3v) is 3.09. The molecular weight excluding hydrogens is 345 g/mol. The van der Waals surface area contributed by atoms with Crippen LogP contribution in [0.15, 0.2) is 12.1 Å². The number of anilines is 2. The molecule has 2 rings (SSSR count). The Bertz CT molecular complexity index is 816. The Morgan fingerprint density at radius 3 is 2.44 bits per heavy atom. The van der Waals surface area contributed by atoms with Crippen LogP contribution in [0.4, 0.5) is 34.3 Å². The molecule has 0 bridgehead atoms. The van der Waals surface area contributed by atoms with E-state index in [4.69, 9.17) is 10.5 Å². The van der Waals surface area contributed by atoms with Gasteiger partial charge in [-0.25, -0.2) is 9.59 Å². The zero-order chi connectivity index (χ0) is 18.8. The van der Waals surface area contributed by atoms with Crippen molar-refractivity contribution in [3.63, 3.8) is 0 Å². The molecule has 0 unspecified atom stereocenters. The average Bonchev–Trinajstić information content (AvgIpc) is 2.84. The van der Waals surface area contributed by atoms with Crippen LogP contribution < -0.4 is 11.1 Å². The highest BCUT2D eigenvalue weighted by molar-refractivity contribution is 6.05. The first kappa shape index (κ1) is 18.4. The molecular formula is C14H15F3N4O4. The van der Waals surface area contributed by atoms with Crippen LogP contribution in [0.25, 0.3) is 10.9 Å². The Morgan fingerprint density at radius 1 is 1.24 bits per heavy atom. The summed E-state index contributed by atoms with van der Waals surface area (Å²) in [5.41, 5.74) is 4.10. The maximum Gasteiger partial charge on any atom is 0.435 e. The number of hydrogen-bond donors (Lipinski definition) is 2. The molecule has 0 aliphatic rings. The minimum absolute atomic E-state index is 0.00716. The van der Waals surface area contributed by atoms with Crippen LogP contribution in [-0.4, -0.2) is 35.2 Å². The van der Waals surface area contributed by atoms with Crippen molar-refractivity contribution < 1.29 is 32.2 Å². The number of amides is 1. The topological polar surface area (TPSA) is 108 Å². The molecule has 1 aromatic heterocycles. The lowest BCUT2D eigenvalue weighted by molar-refractivity contribution is -0.137. The molecule has 1 aromatic carbocycles. The zero-order valence-corrected chi connectivity index (χ0v) is 13.3. The summed E-state index contributed by atoms with van der Waals surface area (Å²) in [7, 11) is 0. The van der Waals surface area contributed by atoms with Crippen LogP contribution in [0, 0.1) is 0 Å². The van der Waals surface area contributed by atoms with Crippen molar-refractivity contribution in [3.05, 3.63) is 17.7 Å². The second-order valence-corrected chi connectivity index (χ2v) is 4.76. The predicted molar refractivity (Wildman–Crippen MR) is 82.2 cm³/mol. The molecule has 0 saturated carbocycles. The average molecular weight is 360 g/mol. The molecule has 0 radical (unpaired) electrons. The summed E-state index contributed by atoms with van der Waals surface area (Å²) in [6.07, 6.45) is -6.63. The fourth-order valence-corrected chi connectivity index (χ4v) is 2.12. The molecule has 3 N–H and O–H groups in total. The van der Waals surface area contributed by atoms with Crippen molar-refractivity contribution in [3.8, 4) is 0 Å². The number of fused-ring (bicyclic) bond motifs is 1. The van der Waals surface area contributed by atoms with Crippen molar-refractivity contribution in [2.45, 2.75) is 20.0 Å². The molecule has 0 aliphatic carbocycles. The lowest BCUT2D eigenvalue weighted by Gasteiger charge is -2.12. The van der Waals surface area contributed by atoms with E-state index < -0.39 is 23.9 Å². The van der Waals surface area contributed by atoms with Crippen molar-refractivity contribution in [1.82, 2.24) is 9.78 Å². The Morgan fingerprint density at radius 2 is 1.88 bits per heavy atom. The second kappa shape index (κ2) is 6.87. The van der Waals surface area contributed by atoms with Crippen LogP contribution in [0.1, 0.15) is 19.4 Å². The zero-order valence-electron chi connectivity index (χ0n) is 13.3. The number of ether oxygens (including phenoxy) is 2. The maximum absolute atomic E-state index is 13.1. The highest BCUT2D eigenvalue weighted by Gasteiger charge is 2.33. The fraction of sp³-hybridized carbons (Fsp3) is 0.357. The molecule has 8 nitrogen and oxygen atoms in total. The fourth-order valence-electron chi connectivity index (χ4n) is 2.12. The molecule has 2 aromatic rings. The summed E-state index contributed by atoms with van der Waals surface area (Å²) < 4.78 is 49.4. The second-order valence-electron chi connectivity index (χ2n) is 4.76. The van der Waals surface area contributed by atoms with Gasteiger partial charge in [-0.05, 0) is 26.0 Å². The standard InChI is InChI=1S/C14H15F3N4O4/c1-3-24-12(22)19-9-6-7(14(15,16)17)5-8-10(9)21(20-11(8)18)13(23)25-4-2/h5-6H,3-4H2,1-2H3,(H2,18,20)(H,19,22). The van der Waals surface area contributed by atoms with Gasteiger partial charge in [-0.2, -0.15) is 17.9 Å². The van der Waals surface area contributed by atoms with Crippen molar-refractivity contribution in [1.29, 1.82) is 0 Å². The monoisotopic (exact) mass is 360 g/mol. The summed E-state index contributed by atoms with van der Waals surface area (Å²) in [5.74, 6) is -0.318. The number of hydrogen-bond acceptors (Lipinski definition) is 6. The van der Waals surface area contributed by atoms with E-state index in [9.17, 15) is 22.8 Å². The van der Waals surface area contributed by atoms with Gasteiger partial charge >= 0.3 is 18.4 Å². The van der Waals surface area contributed by atoms with Gasteiger partial charge in [0.05, 0.1) is 24.5 Å². The molecule has 0 atom stereocenters. The minimum Gasteiger partial charge on any atom is -0.450 e. The summed E-state index contributed by atoms with van der Waals surface area (Å²) in [4.78, 5) is 23.6. The first-order valence-corrected chi connectivity index (χ1v) is 7.19. The Balaban J connectivity index is 2.70. The highest BCUT2D eigenvalue weighted by Crippen LogP contribution is 2.37. The van der Waals surface area contributed by atoms with Gasteiger partial charge in [0.2, 0.25) is 0 Å². The molecule has 136 valence electrons. The van der Waals surface area contributed by atoms with Crippen LogP contribution >= 0.6 is 0 Å². The van der Waals surface area contributed by atoms with E-state index in [-0.39, 0.29) is 35.6 Å². The number of benzene rings is 1. The van der Waals surface area contributed by atoms with Crippen molar-refractivity contribution in [2.24, 2.45) is 0 Å². The molecule has 0 spiro atoms. The molecule has 1 heterocycles. The number of rotatable bonds is 3. The van der Waals surface area contributed by atoms with E-state index >= 15 is 0 Å². The predicted octanol–water partition coefficient (Wildman–Crippen LogP) is 3.21. The Labute approximate surface area is 139 Å². The Hall–Kier alpha value is -2.98. The number of nitrogens with two attached hydrogens (primary N) is 1. The molecule has 0 fully saturated rings. The van der Waals surface area contributed by atoms with Gasteiger partial charge < -0.3 is 15.2 Å². The number of carbonyl (C=O) groups excluding carboxylic acids is 2. The largest absolute Gasteiger partial charge is 0.450 e. The van der Waals surface area contributed by atoms with Gasteiger partial charge in [0.15, 0.2) is 5.82 Å². The highest BCUT2D eigenvalue weighted by atomic mass is 19.4. The molecule has 0 saturated heterocycles. The first-order valence-electron chi connectivity index (χ1n) is 7.19. The lowest BCUT2D eigenvalue weighted by Crippen LogP contribution is -2.18. The third-order valence-electron chi connectivity index (χ3n) is 3.09. The SMILES string of the molecule is CCOC(=O)Nc1cc(C(F)(F)F)cc2c(N)nn(C(=O)OCC)c12. The van der Waals surface area contributed by atoms with Crippen molar-refractivity contribution in [2.75, 3.05) is 24.3 Å². The summed E-state index contributed by atoms with van der Waals surface area (Å²) in [6.45, 7) is 3.10. The van der Waals surface area contributed by atoms with E-state index in [1.54, 1.807) is 6.92 Å². The third kappa shape index (κ3) is 3.75. The van der Waals surface area contributed by atoms with E-state index in [2.05, 4.69) is 15.2 Å². The first-order chi connectivity index (χ1) is 11.7. The number of aromatic nitrogens is 2. The van der Waals surface area contributed by atoms with E-state index in [1.807, 2.05) is 0 Å². The van der Waals surface area contributed by atoms with Gasteiger partial charge in [-0.1, -0.05) is 0 Å². The van der Waals surface area contributed by atoms with Gasteiger partial charge in [0, 0.05) is 5.39 Å². The van der Waals surface area contributed by atoms with E-state index in [1.165, 1.54) is 6.92 Å². The number of alkyl halides is 3. The molecule has 11 heteroatoms. The number of nitrogen functional groups attached to an aromatic ring is 1. The van der Waals surface area contributed by atoms with Gasteiger partial charge in [-0.15, -0.1) is 5.10 Å². The van der Waals surface area contributed by atoms with Gasteiger partial charge in [-0.3, -0.25) is 5.32 Å². The van der Waals surface area contributed by atoms with Crippen LogP contribution in [0.3, 0.4) is 0 Å². The number of halogens is 3. The maximum atomic E-state index is 13.1. The minimum atomic E-state index is -4.70. The van der Waals surface area contributed by atoms with Crippen LogP contribution in [0.2, 0.25) is 0 Å². The summed E-state index contributed by atoms with van der Waals surface area (Å²) in [6, 6.07) is 1.40. The van der Waals surface area contributed by atoms with Crippen molar-refractivity contribution >= 4 is 34.6 Å². The molecule has 1 amide bonds. The van der Waals surface area contributed by atoms with Gasteiger partial charge in [0.1, 0.15) is 5.52 Å². The van der Waals surface area contributed by atoms with Gasteiger partial charge in [0.25, 0.3) is 0 Å². The number of carbonyl (C=O) groups is 2. The summed E-state index contributed by atoms with van der Waals surface area (Å²) in [5, 5.41) is 5.71.